The molecule has 3 rings (SSSR count). The molecule has 0 spiro atoms. The quantitative estimate of drug-likeness (QED) is 0.0936. The van der Waals surface area contributed by atoms with E-state index in [1.807, 2.05) is 46.7 Å². The number of rotatable bonds is 10. The van der Waals surface area contributed by atoms with Crippen molar-refractivity contribution in [3.05, 3.63) is 12.7 Å². The zero-order chi connectivity index (χ0) is 41.8. The predicted molar refractivity (Wildman–Crippen MR) is 204 cm³/mol. The Bertz CT molecular complexity index is 1290. The lowest BCUT2D eigenvalue weighted by molar-refractivity contribution is -0.320. The maximum Gasteiger partial charge on any atom is 0.311 e. The highest BCUT2D eigenvalue weighted by Gasteiger charge is 2.54. The second-order valence-corrected chi connectivity index (χ2v) is 17.1. The molecule has 3 fully saturated rings. The van der Waals surface area contributed by atoms with Crippen molar-refractivity contribution in [1.29, 1.82) is 0 Å². The Morgan fingerprint density at radius 1 is 0.964 bits per heavy atom. The van der Waals surface area contributed by atoms with Crippen molar-refractivity contribution >= 4 is 11.7 Å². The van der Waals surface area contributed by atoms with Crippen molar-refractivity contribution in [2.75, 3.05) is 27.8 Å². The molecule has 18 atom stereocenters. The number of nitrogens with zero attached hydrogens (tertiary/aromatic N) is 2. The van der Waals surface area contributed by atoms with Crippen LogP contribution >= 0.6 is 0 Å². The second-order valence-electron chi connectivity index (χ2n) is 17.1. The molecule has 15 heteroatoms. The van der Waals surface area contributed by atoms with Crippen molar-refractivity contribution in [2.24, 2.45) is 28.8 Å². The lowest BCUT2D eigenvalue weighted by Crippen LogP contribution is -2.61. The van der Waals surface area contributed by atoms with E-state index < -0.39 is 102 Å². The molecule has 0 aromatic carbocycles. The summed E-state index contributed by atoms with van der Waals surface area (Å²) < 4.78 is 44.6. The van der Waals surface area contributed by atoms with Crippen LogP contribution < -0.4 is 0 Å². The molecule has 0 aromatic rings. The van der Waals surface area contributed by atoms with E-state index in [0.29, 0.717) is 6.42 Å². The predicted octanol–water partition coefficient (Wildman–Crippen LogP) is 3.26. The average Bonchev–Trinajstić information content (AvgIpc) is 3.12. The molecule has 3 heterocycles. The van der Waals surface area contributed by atoms with Crippen molar-refractivity contribution in [3.63, 3.8) is 0 Å². The van der Waals surface area contributed by atoms with Crippen LogP contribution in [0.3, 0.4) is 0 Å². The zero-order valence-corrected chi connectivity index (χ0v) is 35.4. The van der Waals surface area contributed by atoms with E-state index in [4.69, 9.17) is 33.2 Å². The molecule has 15 nitrogen and oxygen atoms in total. The number of carbonyl (C=O) groups is 1. The van der Waals surface area contributed by atoms with Crippen LogP contribution in [0.2, 0.25) is 0 Å². The molecule has 3 saturated heterocycles. The third-order valence-electron chi connectivity index (χ3n) is 12.5. The van der Waals surface area contributed by atoms with Gasteiger partial charge in [-0.1, -0.05) is 38.9 Å². The Balaban J connectivity index is 2.30. The van der Waals surface area contributed by atoms with Gasteiger partial charge < -0.3 is 63.7 Å². The van der Waals surface area contributed by atoms with Crippen LogP contribution in [0.25, 0.3) is 0 Å². The van der Waals surface area contributed by atoms with Gasteiger partial charge in [0.05, 0.1) is 60.0 Å². The van der Waals surface area contributed by atoms with Gasteiger partial charge in [-0.3, -0.25) is 4.79 Å². The minimum atomic E-state index is -1.95. The minimum Gasteiger partial charge on any atom is -0.459 e. The molecule has 5 N–H and O–H groups in total. The fourth-order valence-corrected chi connectivity index (χ4v) is 8.98. The molecule has 0 aliphatic carbocycles. The van der Waals surface area contributed by atoms with Crippen molar-refractivity contribution in [1.82, 2.24) is 4.90 Å². The Labute approximate surface area is 328 Å². The number of hydrogen-bond acceptors (Lipinski definition) is 15. The summed E-state index contributed by atoms with van der Waals surface area (Å²) >= 11 is 0. The number of aliphatic hydroxyl groups excluding tert-OH is 3. The highest BCUT2D eigenvalue weighted by molar-refractivity contribution is 5.88. The first-order chi connectivity index (χ1) is 25.5. The summed E-state index contributed by atoms with van der Waals surface area (Å²) in [6, 6.07) is -0.299. The summed E-state index contributed by atoms with van der Waals surface area (Å²) in [4.78, 5) is 16.2. The topological polar surface area (TPSA) is 198 Å². The van der Waals surface area contributed by atoms with Gasteiger partial charge in [-0.2, -0.15) is 0 Å². The average molecular weight is 789 g/mol. The van der Waals surface area contributed by atoms with Crippen LogP contribution in [0.1, 0.15) is 94.9 Å². The SMILES string of the molecule is C=CCO[C@@]1(C)C[C@@H](C)/C(=N\O)[C@H](C)[C@@H](O)[C@](C)(O)[C@@H](CC)OC(=O)[C@H](C)[C@@H](OC2C[C@@](C)(OC)[C@@H](O)[C@H](C)O2)[C@H](C)[C@H]1O[C@@H]1O[C@H](C)C[C@H](N(C)C)[C@H]1O. The lowest BCUT2D eigenvalue weighted by Gasteiger charge is -2.50. The molecule has 3 aliphatic heterocycles. The normalized spacial score (nSPS) is 47.6. The van der Waals surface area contributed by atoms with Gasteiger partial charge in [0.1, 0.15) is 23.9 Å². The first kappa shape index (κ1) is 47.6. The monoisotopic (exact) mass is 789 g/mol. The van der Waals surface area contributed by atoms with Gasteiger partial charge >= 0.3 is 5.97 Å². The Morgan fingerprint density at radius 2 is 1.60 bits per heavy atom. The number of likely N-dealkylation sites (N-methyl/N-ethyl adjacent to an activating group) is 1. The maximum atomic E-state index is 14.3. The standard InChI is InChI=1S/C40H72N2O13/c1-15-17-50-39(10)19-21(3)30(41-48)23(5)33(44)40(11,47)28(16-2)53-36(46)25(7)32(54-29-20-38(9,49-14)34(45)26(8)52-29)24(6)35(39)55-37-31(43)27(42(12)13)18-22(4)51-37/h15,21-29,31-35,37,43-45,47-48H,1,16-20H2,2-14H3/b41-30+/t21-,22-,23+,24+,25-,26+,27+,28-,29?,31-,32+,33-,34+,35-,37+,38-,39+,40-/m1/s1. The third kappa shape index (κ3) is 10.5. The van der Waals surface area contributed by atoms with E-state index in [1.54, 1.807) is 40.7 Å². The number of oxime groups is 1. The van der Waals surface area contributed by atoms with Gasteiger partial charge in [0.15, 0.2) is 12.6 Å². The smallest absolute Gasteiger partial charge is 0.311 e. The molecule has 1 unspecified atom stereocenters. The van der Waals surface area contributed by atoms with Crippen molar-refractivity contribution < 1.29 is 63.6 Å². The van der Waals surface area contributed by atoms with Gasteiger partial charge in [-0.05, 0) is 74.9 Å². The number of cyclic esters (lactones) is 1. The molecular formula is C40H72N2O13. The Morgan fingerprint density at radius 3 is 2.15 bits per heavy atom. The van der Waals surface area contributed by atoms with Crippen LogP contribution in [0.4, 0.5) is 0 Å². The van der Waals surface area contributed by atoms with E-state index in [0.717, 1.165) is 0 Å². The number of carbonyl (C=O) groups excluding carboxylic acids is 1. The van der Waals surface area contributed by atoms with E-state index in [1.165, 1.54) is 14.0 Å². The van der Waals surface area contributed by atoms with E-state index >= 15 is 0 Å². The lowest BCUT2D eigenvalue weighted by atomic mass is 9.73. The van der Waals surface area contributed by atoms with E-state index in [9.17, 15) is 30.4 Å². The molecule has 0 aromatic heterocycles. The minimum absolute atomic E-state index is 0.0771. The van der Waals surface area contributed by atoms with Gasteiger partial charge in [-0.25, -0.2) is 0 Å². The number of esters is 1. The number of methoxy groups -OCH3 is 1. The maximum absolute atomic E-state index is 14.3. The second kappa shape index (κ2) is 19.3. The van der Waals surface area contributed by atoms with Gasteiger partial charge in [0.2, 0.25) is 0 Å². The number of hydrogen-bond donors (Lipinski definition) is 5. The first-order valence-corrected chi connectivity index (χ1v) is 19.8. The van der Waals surface area contributed by atoms with Crippen LogP contribution in [-0.2, 0) is 38.0 Å². The van der Waals surface area contributed by atoms with Crippen LogP contribution in [0.5, 0.6) is 0 Å². The third-order valence-corrected chi connectivity index (χ3v) is 12.5. The van der Waals surface area contributed by atoms with Crippen LogP contribution in [0.15, 0.2) is 17.8 Å². The summed E-state index contributed by atoms with van der Waals surface area (Å²) in [5, 5.41) is 60.2. The number of ether oxygens (including phenoxy) is 7. The molecule has 55 heavy (non-hydrogen) atoms. The highest BCUT2D eigenvalue weighted by Crippen LogP contribution is 2.42. The molecule has 0 amide bonds. The first-order valence-electron chi connectivity index (χ1n) is 19.8. The van der Waals surface area contributed by atoms with Crippen molar-refractivity contribution in [2.45, 2.75) is 179 Å². The van der Waals surface area contributed by atoms with Crippen molar-refractivity contribution in [3.8, 4) is 0 Å². The molecule has 320 valence electrons. The van der Waals surface area contributed by atoms with Gasteiger partial charge in [0.25, 0.3) is 0 Å². The Kier molecular flexibility index (Phi) is 16.7. The van der Waals surface area contributed by atoms with Crippen LogP contribution in [-0.4, -0.2) is 154 Å². The summed E-state index contributed by atoms with van der Waals surface area (Å²) in [5.41, 5.74) is -4.09. The van der Waals surface area contributed by atoms with Gasteiger partial charge in [-0.15, -0.1) is 6.58 Å². The fourth-order valence-electron chi connectivity index (χ4n) is 8.98. The van der Waals surface area contributed by atoms with E-state index in [-0.39, 0.29) is 43.7 Å². The Hall–Kier alpha value is -1.76. The zero-order valence-electron chi connectivity index (χ0n) is 35.4. The van der Waals surface area contributed by atoms with Crippen LogP contribution in [0, 0.1) is 23.7 Å². The summed E-state index contributed by atoms with van der Waals surface area (Å²) in [6.45, 7) is 21.3. The van der Waals surface area contributed by atoms with Gasteiger partial charge in [0, 0.05) is 37.3 Å². The molecule has 0 saturated carbocycles. The largest absolute Gasteiger partial charge is 0.459 e. The summed E-state index contributed by atoms with van der Waals surface area (Å²) in [6.07, 6.45) is -7.20. The molecule has 0 radical (unpaired) electrons. The summed E-state index contributed by atoms with van der Waals surface area (Å²) in [5.74, 6) is -3.94. The number of aliphatic hydroxyl groups is 4. The summed E-state index contributed by atoms with van der Waals surface area (Å²) in [7, 11) is 5.26. The highest BCUT2D eigenvalue weighted by atomic mass is 16.7. The molecule has 3 aliphatic rings. The fraction of sp³-hybridized carbons (Fsp3) is 0.900. The van der Waals surface area contributed by atoms with E-state index in [2.05, 4.69) is 11.7 Å². The molecule has 0 bridgehead atoms. The molecular weight excluding hydrogens is 716 g/mol.